The second-order valence-electron chi connectivity index (χ2n) is 7.47. The predicted molar refractivity (Wildman–Crippen MR) is 128 cm³/mol. The Balaban J connectivity index is 1.84. The van der Waals surface area contributed by atoms with Crippen molar-refractivity contribution in [1.82, 2.24) is 0 Å². The summed E-state index contributed by atoms with van der Waals surface area (Å²) in [5.41, 5.74) is 3.89. The molecule has 4 rings (SSSR count). The number of rotatable bonds is 5. The molecule has 0 spiro atoms. The maximum atomic E-state index is 13.6. The zero-order chi connectivity index (χ0) is 23.0. The van der Waals surface area contributed by atoms with E-state index in [4.69, 9.17) is 27.9 Å². The molecule has 1 aliphatic heterocycles. The van der Waals surface area contributed by atoms with Gasteiger partial charge in [-0.25, -0.2) is 4.90 Å². The minimum Gasteiger partial charge on any atom is -0.495 e. The number of hydrogen-bond donors (Lipinski definition) is 1. The summed E-state index contributed by atoms with van der Waals surface area (Å²) in [6.45, 7) is 3.78. The fourth-order valence-electron chi connectivity index (χ4n) is 3.60. The molecule has 0 radical (unpaired) electrons. The largest absolute Gasteiger partial charge is 0.495 e. The van der Waals surface area contributed by atoms with Gasteiger partial charge in [-0.15, -0.1) is 0 Å². The second kappa shape index (κ2) is 8.69. The third-order valence-electron chi connectivity index (χ3n) is 5.24. The standard InChI is InChI=1S/C25H20Cl2N2O3/c1-14-4-5-15(2)20(12-14)29-24(30)22(16-6-8-17(26)9-7-16)23(25(29)31)28-18-10-11-21(32-3)19(27)13-18/h4-13,28H,1-3H3. The van der Waals surface area contributed by atoms with Crippen LogP contribution < -0.4 is 15.0 Å². The van der Waals surface area contributed by atoms with Crippen LogP contribution in [0.1, 0.15) is 16.7 Å². The lowest BCUT2D eigenvalue weighted by molar-refractivity contribution is -0.120. The first-order valence-corrected chi connectivity index (χ1v) is 10.6. The summed E-state index contributed by atoms with van der Waals surface area (Å²) >= 11 is 12.3. The van der Waals surface area contributed by atoms with E-state index in [1.54, 1.807) is 42.5 Å². The van der Waals surface area contributed by atoms with Gasteiger partial charge in [0.1, 0.15) is 11.4 Å². The summed E-state index contributed by atoms with van der Waals surface area (Å²) in [6.07, 6.45) is 0. The average molecular weight is 467 g/mol. The Morgan fingerprint density at radius 2 is 1.59 bits per heavy atom. The molecule has 1 N–H and O–H groups in total. The van der Waals surface area contributed by atoms with Gasteiger partial charge in [0.2, 0.25) is 0 Å². The number of halogens is 2. The first-order chi connectivity index (χ1) is 15.3. The zero-order valence-corrected chi connectivity index (χ0v) is 19.2. The van der Waals surface area contributed by atoms with Crippen LogP contribution in [-0.4, -0.2) is 18.9 Å². The van der Waals surface area contributed by atoms with E-state index in [0.29, 0.717) is 32.7 Å². The Labute approximate surface area is 196 Å². The minimum atomic E-state index is -0.444. The van der Waals surface area contributed by atoms with Crippen molar-refractivity contribution in [2.75, 3.05) is 17.3 Å². The van der Waals surface area contributed by atoms with Crippen molar-refractivity contribution >= 4 is 52.0 Å². The molecule has 0 fully saturated rings. The monoisotopic (exact) mass is 466 g/mol. The van der Waals surface area contributed by atoms with Gasteiger partial charge in [0.15, 0.2) is 0 Å². The normalized spacial score (nSPS) is 13.7. The number of nitrogens with one attached hydrogen (secondary N) is 1. The van der Waals surface area contributed by atoms with E-state index in [-0.39, 0.29) is 11.3 Å². The Bertz CT molecular complexity index is 1270. The van der Waals surface area contributed by atoms with E-state index < -0.39 is 11.8 Å². The maximum Gasteiger partial charge on any atom is 0.282 e. The molecule has 0 unspecified atom stereocenters. The number of aryl methyl sites for hydroxylation is 2. The molecule has 0 saturated heterocycles. The highest BCUT2D eigenvalue weighted by atomic mass is 35.5. The number of nitrogens with zero attached hydrogens (tertiary/aromatic N) is 1. The molecule has 7 heteroatoms. The summed E-state index contributed by atoms with van der Waals surface area (Å²) in [4.78, 5) is 28.3. The second-order valence-corrected chi connectivity index (χ2v) is 8.31. The van der Waals surface area contributed by atoms with Gasteiger partial charge in [-0.1, -0.05) is 47.5 Å². The molecule has 162 valence electrons. The van der Waals surface area contributed by atoms with Crippen molar-refractivity contribution in [3.05, 3.63) is 93.1 Å². The highest BCUT2D eigenvalue weighted by molar-refractivity contribution is 6.46. The van der Waals surface area contributed by atoms with Crippen LogP contribution in [0.25, 0.3) is 5.57 Å². The van der Waals surface area contributed by atoms with Crippen molar-refractivity contribution in [1.29, 1.82) is 0 Å². The first kappa shape index (κ1) is 21.9. The summed E-state index contributed by atoms with van der Waals surface area (Å²) < 4.78 is 5.20. The summed E-state index contributed by atoms with van der Waals surface area (Å²) in [5, 5.41) is 4.02. The lowest BCUT2D eigenvalue weighted by Gasteiger charge is -2.18. The molecule has 1 aliphatic rings. The van der Waals surface area contributed by atoms with Crippen LogP contribution in [0.15, 0.2) is 66.4 Å². The van der Waals surface area contributed by atoms with Crippen LogP contribution in [0.5, 0.6) is 5.75 Å². The fraction of sp³-hybridized carbons (Fsp3) is 0.120. The molecule has 0 bridgehead atoms. The van der Waals surface area contributed by atoms with Gasteiger partial charge in [0.25, 0.3) is 11.8 Å². The van der Waals surface area contributed by atoms with E-state index >= 15 is 0 Å². The van der Waals surface area contributed by atoms with Crippen molar-refractivity contribution in [2.24, 2.45) is 0 Å². The molecular weight excluding hydrogens is 447 g/mol. The van der Waals surface area contributed by atoms with Crippen LogP contribution in [0.4, 0.5) is 11.4 Å². The zero-order valence-electron chi connectivity index (χ0n) is 17.7. The Morgan fingerprint density at radius 1 is 0.875 bits per heavy atom. The summed E-state index contributed by atoms with van der Waals surface area (Å²) in [7, 11) is 1.52. The van der Waals surface area contributed by atoms with Crippen LogP contribution in [-0.2, 0) is 9.59 Å². The number of carbonyl (C=O) groups is 2. The lowest BCUT2D eigenvalue weighted by Crippen LogP contribution is -2.33. The molecule has 0 saturated carbocycles. The van der Waals surface area contributed by atoms with E-state index in [0.717, 1.165) is 11.1 Å². The highest BCUT2D eigenvalue weighted by Gasteiger charge is 2.40. The Morgan fingerprint density at radius 3 is 2.25 bits per heavy atom. The number of methoxy groups -OCH3 is 1. The van der Waals surface area contributed by atoms with Gasteiger partial charge in [0, 0.05) is 10.7 Å². The lowest BCUT2D eigenvalue weighted by atomic mass is 10.0. The molecule has 3 aromatic carbocycles. The van der Waals surface area contributed by atoms with Crippen molar-refractivity contribution in [3.8, 4) is 5.75 Å². The molecule has 0 atom stereocenters. The first-order valence-electron chi connectivity index (χ1n) is 9.87. The van der Waals surface area contributed by atoms with Gasteiger partial charge in [-0.2, -0.15) is 0 Å². The quantitative estimate of drug-likeness (QED) is 0.467. The Kier molecular flexibility index (Phi) is 5.96. The number of carbonyl (C=O) groups excluding carboxylic acids is 2. The minimum absolute atomic E-state index is 0.166. The van der Waals surface area contributed by atoms with Crippen LogP contribution in [0.3, 0.4) is 0 Å². The van der Waals surface area contributed by atoms with Crippen molar-refractivity contribution < 1.29 is 14.3 Å². The van der Waals surface area contributed by atoms with Gasteiger partial charge in [-0.05, 0) is 66.9 Å². The van der Waals surface area contributed by atoms with E-state index in [2.05, 4.69) is 5.32 Å². The van der Waals surface area contributed by atoms with Crippen molar-refractivity contribution in [3.63, 3.8) is 0 Å². The molecular formula is C25H20Cl2N2O3. The topological polar surface area (TPSA) is 58.6 Å². The third kappa shape index (κ3) is 3.97. The molecule has 2 amide bonds. The molecule has 0 aromatic heterocycles. The number of amides is 2. The number of benzene rings is 3. The predicted octanol–water partition coefficient (Wildman–Crippen LogP) is 6.02. The number of imide groups is 1. The van der Waals surface area contributed by atoms with Crippen molar-refractivity contribution in [2.45, 2.75) is 13.8 Å². The van der Waals surface area contributed by atoms with E-state index in [1.165, 1.54) is 12.0 Å². The molecule has 5 nitrogen and oxygen atoms in total. The molecule has 1 heterocycles. The molecule has 0 aliphatic carbocycles. The SMILES string of the molecule is COc1ccc(NC2=C(c3ccc(Cl)cc3)C(=O)N(c3cc(C)ccc3C)C2=O)cc1Cl. The third-order valence-corrected chi connectivity index (χ3v) is 5.79. The molecule has 3 aromatic rings. The van der Waals surface area contributed by atoms with Crippen LogP contribution in [0, 0.1) is 13.8 Å². The molecule has 32 heavy (non-hydrogen) atoms. The van der Waals surface area contributed by atoms with Gasteiger partial charge in [-0.3, -0.25) is 9.59 Å². The van der Waals surface area contributed by atoms with Gasteiger partial charge >= 0.3 is 0 Å². The summed E-state index contributed by atoms with van der Waals surface area (Å²) in [5.74, 6) is -0.344. The van der Waals surface area contributed by atoms with E-state index in [1.807, 2.05) is 32.0 Å². The summed E-state index contributed by atoms with van der Waals surface area (Å²) in [6, 6.07) is 17.5. The van der Waals surface area contributed by atoms with Crippen LogP contribution in [0.2, 0.25) is 10.0 Å². The number of hydrogen-bond acceptors (Lipinski definition) is 4. The van der Waals surface area contributed by atoms with Gasteiger partial charge in [0.05, 0.1) is 23.4 Å². The number of anilines is 2. The highest BCUT2D eigenvalue weighted by Crippen LogP contribution is 2.36. The number of ether oxygens (including phenoxy) is 1. The average Bonchev–Trinajstić information content (AvgIpc) is 3.00. The van der Waals surface area contributed by atoms with Gasteiger partial charge < -0.3 is 10.1 Å². The Hall–Kier alpha value is -3.28. The van der Waals surface area contributed by atoms with E-state index in [9.17, 15) is 9.59 Å². The van der Waals surface area contributed by atoms with Crippen LogP contribution >= 0.6 is 23.2 Å². The fourth-order valence-corrected chi connectivity index (χ4v) is 3.98. The maximum absolute atomic E-state index is 13.6. The smallest absolute Gasteiger partial charge is 0.282 e.